The monoisotopic (exact) mass is 338 g/mol. The molecule has 0 saturated heterocycles. The molecule has 0 fully saturated rings. The second-order valence-electron chi connectivity index (χ2n) is 3.61. The van der Waals surface area contributed by atoms with Crippen molar-refractivity contribution in [3.05, 3.63) is 26.7 Å². The van der Waals surface area contributed by atoms with E-state index in [0.29, 0.717) is 26.6 Å². The summed E-state index contributed by atoms with van der Waals surface area (Å²) >= 11 is 15.2. The zero-order valence-corrected chi connectivity index (χ0v) is 12.4. The molecule has 0 aliphatic heterocycles. The molecule has 0 bridgehead atoms. The van der Waals surface area contributed by atoms with E-state index in [-0.39, 0.29) is 5.91 Å². The Morgan fingerprint density at radius 2 is 2.12 bits per heavy atom. The van der Waals surface area contributed by atoms with Crippen LogP contribution >= 0.6 is 39.1 Å². The fraction of sp³-hybridized carbons (Fsp3) is 0.364. The number of nitrogens with two attached hydrogens (primary N) is 1. The summed E-state index contributed by atoms with van der Waals surface area (Å²) in [6.07, 6.45) is 1.48. The summed E-state index contributed by atoms with van der Waals surface area (Å²) < 4.78 is 0.681. The van der Waals surface area contributed by atoms with E-state index in [2.05, 4.69) is 21.2 Å². The van der Waals surface area contributed by atoms with Gasteiger partial charge in [-0.1, -0.05) is 36.5 Å². The molecule has 0 radical (unpaired) electrons. The van der Waals surface area contributed by atoms with Crippen molar-refractivity contribution < 1.29 is 4.79 Å². The maximum absolute atomic E-state index is 11.7. The fourth-order valence-corrected chi connectivity index (χ4v) is 2.11. The lowest BCUT2D eigenvalue weighted by atomic mass is 10.1. The molecule has 1 rings (SSSR count). The minimum Gasteiger partial charge on any atom is -0.323 e. The second-order valence-corrected chi connectivity index (χ2v) is 5.22. The Bertz CT molecular complexity index is 426. The smallest absolute Gasteiger partial charge is 0.241 e. The standard InChI is InChI=1S/C11H13BrCl2N2O/c1-2-3-7(15)11(17)16-8-5-4-6(12)9(13)10(8)14/h4-5,7H,2-3,15H2,1H3,(H,16,17). The molecule has 1 atom stereocenters. The van der Waals surface area contributed by atoms with Gasteiger partial charge >= 0.3 is 0 Å². The van der Waals surface area contributed by atoms with Crippen LogP contribution in [0, 0.1) is 0 Å². The molecular formula is C11H13BrCl2N2O. The van der Waals surface area contributed by atoms with E-state index in [1.54, 1.807) is 12.1 Å². The summed E-state index contributed by atoms with van der Waals surface area (Å²) in [5.74, 6) is -0.257. The number of hydrogen-bond donors (Lipinski definition) is 2. The molecule has 6 heteroatoms. The third kappa shape index (κ3) is 3.85. The molecule has 0 aromatic heterocycles. The molecule has 94 valence electrons. The number of halogens is 3. The van der Waals surface area contributed by atoms with E-state index in [4.69, 9.17) is 28.9 Å². The first-order valence-corrected chi connectivity index (χ1v) is 6.72. The average Bonchev–Trinajstić information content (AvgIpc) is 2.30. The molecule has 3 N–H and O–H groups in total. The lowest BCUT2D eigenvalue weighted by Gasteiger charge is -2.13. The highest BCUT2D eigenvalue weighted by atomic mass is 79.9. The van der Waals surface area contributed by atoms with Gasteiger partial charge in [0.15, 0.2) is 0 Å². The van der Waals surface area contributed by atoms with E-state index in [9.17, 15) is 4.79 Å². The van der Waals surface area contributed by atoms with Gasteiger partial charge in [-0.15, -0.1) is 0 Å². The van der Waals surface area contributed by atoms with Crippen LogP contribution in [0.4, 0.5) is 5.69 Å². The van der Waals surface area contributed by atoms with Gasteiger partial charge in [0.2, 0.25) is 5.91 Å². The number of benzene rings is 1. The first-order valence-electron chi connectivity index (χ1n) is 5.17. The van der Waals surface area contributed by atoms with Crippen LogP contribution in [0.25, 0.3) is 0 Å². The number of hydrogen-bond acceptors (Lipinski definition) is 2. The van der Waals surface area contributed by atoms with Crippen LogP contribution in [0.2, 0.25) is 10.0 Å². The Labute approximate surface area is 119 Å². The van der Waals surface area contributed by atoms with Gasteiger partial charge in [-0.05, 0) is 34.5 Å². The van der Waals surface area contributed by atoms with E-state index < -0.39 is 6.04 Å². The largest absolute Gasteiger partial charge is 0.323 e. The Hall–Kier alpha value is -0.290. The van der Waals surface area contributed by atoms with Crippen molar-refractivity contribution in [2.24, 2.45) is 5.73 Å². The van der Waals surface area contributed by atoms with Crippen molar-refractivity contribution in [3.8, 4) is 0 Å². The van der Waals surface area contributed by atoms with Crippen molar-refractivity contribution in [1.29, 1.82) is 0 Å². The van der Waals surface area contributed by atoms with E-state index in [1.807, 2.05) is 6.92 Å². The number of nitrogens with one attached hydrogen (secondary N) is 1. The summed E-state index contributed by atoms with van der Waals surface area (Å²) in [5.41, 5.74) is 6.17. The fourth-order valence-electron chi connectivity index (χ4n) is 1.29. The zero-order chi connectivity index (χ0) is 13.0. The summed E-state index contributed by atoms with van der Waals surface area (Å²) in [5, 5.41) is 3.33. The first kappa shape index (κ1) is 14.8. The quantitative estimate of drug-likeness (QED) is 0.819. The minimum absolute atomic E-state index is 0.257. The van der Waals surface area contributed by atoms with Crippen molar-refractivity contribution in [2.75, 3.05) is 5.32 Å². The predicted octanol–water partition coefficient (Wildman–Crippen LogP) is 3.82. The highest BCUT2D eigenvalue weighted by Gasteiger charge is 2.15. The molecule has 0 aliphatic rings. The van der Waals surface area contributed by atoms with Crippen molar-refractivity contribution in [1.82, 2.24) is 0 Å². The molecule has 0 aliphatic carbocycles. The van der Waals surface area contributed by atoms with Crippen LogP contribution in [0.15, 0.2) is 16.6 Å². The van der Waals surface area contributed by atoms with Crippen molar-refractivity contribution >= 4 is 50.7 Å². The van der Waals surface area contributed by atoms with Crippen LogP contribution < -0.4 is 11.1 Å². The van der Waals surface area contributed by atoms with Crippen molar-refractivity contribution in [3.63, 3.8) is 0 Å². The SMILES string of the molecule is CCCC(N)C(=O)Nc1ccc(Br)c(Cl)c1Cl. The number of amides is 1. The van der Waals surface area contributed by atoms with E-state index in [0.717, 1.165) is 6.42 Å². The van der Waals surface area contributed by atoms with Gasteiger partial charge < -0.3 is 11.1 Å². The van der Waals surface area contributed by atoms with Crippen LogP contribution in [0.3, 0.4) is 0 Å². The third-order valence-electron chi connectivity index (χ3n) is 2.23. The molecule has 0 heterocycles. The molecular weight excluding hydrogens is 327 g/mol. The van der Waals surface area contributed by atoms with Crippen LogP contribution in [-0.2, 0) is 4.79 Å². The van der Waals surface area contributed by atoms with Crippen LogP contribution in [0.1, 0.15) is 19.8 Å². The molecule has 1 unspecified atom stereocenters. The van der Waals surface area contributed by atoms with Crippen molar-refractivity contribution in [2.45, 2.75) is 25.8 Å². The van der Waals surface area contributed by atoms with Gasteiger partial charge in [-0.3, -0.25) is 4.79 Å². The zero-order valence-electron chi connectivity index (χ0n) is 9.27. The van der Waals surface area contributed by atoms with Crippen LogP contribution in [0.5, 0.6) is 0 Å². The Morgan fingerprint density at radius 1 is 1.47 bits per heavy atom. The summed E-state index contributed by atoms with van der Waals surface area (Å²) in [7, 11) is 0. The summed E-state index contributed by atoms with van der Waals surface area (Å²) in [4.78, 5) is 11.7. The van der Waals surface area contributed by atoms with Gasteiger partial charge in [0, 0.05) is 4.47 Å². The Morgan fingerprint density at radius 3 is 2.71 bits per heavy atom. The number of carbonyl (C=O) groups is 1. The molecule has 1 amide bonds. The third-order valence-corrected chi connectivity index (χ3v) is 4.00. The molecule has 3 nitrogen and oxygen atoms in total. The second kappa shape index (κ2) is 6.59. The van der Waals surface area contributed by atoms with Crippen LogP contribution in [-0.4, -0.2) is 11.9 Å². The van der Waals surface area contributed by atoms with E-state index >= 15 is 0 Å². The van der Waals surface area contributed by atoms with Gasteiger partial charge in [0.25, 0.3) is 0 Å². The lowest BCUT2D eigenvalue weighted by molar-refractivity contribution is -0.117. The highest BCUT2D eigenvalue weighted by Crippen LogP contribution is 2.35. The molecule has 1 aromatic rings. The van der Waals surface area contributed by atoms with Gasteiger partial charge in [0.05, 0.1) is 21.8 Å². The lowest BCUT2D eigenvalue weighted by Crippen LogP contribution is -2.35. The maximum Gasteiger partial charge on any atom is 0.241 e. The predicted molar refractivity (Wildman–Crippen MR) is 75.7 cm³/mol. The van der Waals surface area contributed by atoms with Gasteiger partial charge in [-0.25, -0.2) is 0 Å². The topological polar surface area (TPSA) is 55.1 Å². The molecule has 17 heavy (non-hydrogen) atoms. The minimum atomic E-state index is -0.529. The number of carbonyl (C=O) groups excluding carboxylic acids is 1. The highest BCUT2D eigenvalue weighted by molar-refractivity contribution is 9.10. The first-order chi connectivity index (χ1) is 7.97. The average molecular weight is 340 g/mol. The Kier molecular flexibility index (Phi) is 5.73. The normalized spacial score (nSPS) is 12.3. The van der Waals surface area contributed by atoms with Gasteiger partial charge in [-0.2, -0.15) is 0 Å². The Balaban J connectivity index is 2.82. The summed E-state index contributed by atoms with van der Waals surface area (Å²) in [6.45, 7) is 1.97. The number of rotatable bonds is 4. The number of anilines is 1. The maximum atomic E-state index is 11.7. The van der Waals surface area contributed by atoms with Gasteiger partial charge in [0.1, 0.15) is 0 Å². The van der Waals surface area contributed by atoms with E-state index in [1.165, 1.54) is 0 Å². The molecule has 0 saturated carbocycles. The summed E-state index contributed by atoms with van der Waals surface area (Å²) in [6, 6.07) is 2.86. The molecule has 0 spiro atoms. The molecule has 1 aromatic carbocycles.